The molecule has 2 aromatic rings. The van der Waals surface area contributed by atoms with Crippen LogP contribution in [-0.4, -0.2) is 5.60 Å². The van der Waals surface area contributed by atoms with Gasteiger partial charge in [0.25, 0.3) is 0 Å². The van der Waals surface area contributed by atoms with E-state index in [-0.39, 0.29) is 11.0 Å². The van der Waals surface area contributed by atoms with Gasteiger partial charge in [-0.1, -0.05) is 12.1 Å². The van der Waals surface area contributed by atoms with Gasteiger partial charge in [0.05, 0.1) is 5.38 Å². The van der Waals surface area contributed by atoms with Gasteiger partial charge in [0.2, 0.25) is 0 Å². The van der Waals surface area contributed by atoms with Crippen LogP contribution in [0.1, 0.15) is 52.1 Å². The van der Waals surface area contributed by atoms with Crippen LogP contribution in [-0.2, 0) is 19.3 Å². The molecule has 1 aromatic carbocycles. The first-order valence-electron chi connectivity index (χ1n) is 7.59. The van der Waals surface area contributed by atoms with E-state index in [1.165, 1.54) is 40.8 Å². The molecule has 2 aliphatic rings. The number of hydrogen-bond donors (Lipinski definition) is 0. The van der Waals surface area contributed by atoms with Crippen LogP contribution in [0.5, 0.6) is 5.75 Å². The second kappa shape index (κ2) is 4.76. The van der Waals surface area contributed by atoms with Crippen LogP contribution in [0.2, 0.25) is 0 Å². The molecule has 110 valence electrons. The standard InChI is InChI=1S/C18H19ClOS/c1-18(2)10-13-8-12(6-7-14(13)20-18)17(19)16-9-11-4-3-5-15(11)21-16/h6-9,17H,3-5,10H2,1-2H3. The minimum Gasteiger partial charge on any atom is -0.487 e. The third-order valence-corrected chi connectivity index (χ3v) is 6.31. The molecule has 0 saturated carbocycles. The van der Waals surface area contributed by atoms with Crippen molar-refractivity contribution >= 4 is 22.9 Å². The van der Waals surface area contributed by atoms with E-state index in [9.17, 15) is 0 Å². The lowest BCUT2D eigenvalue weighted by molar-refractivity contribution is 0.138. The smallest absolute Gasteiger partial charge is 0.123 e. The zero-order chi connectivity index (χ0) is 14.6. The fraction of sp³-hybridized carbons (Fsp3) is 0.444. The summed E-state index contributed by atoms with van der Waals surface area (Å²) in [6.07, 6.45) is 4.72. The molecule has 0 amide bonds. The fourth-order valence-corrected chi connectivity index (χ4v) is 5.02. The summed E-state index contributed by atoms with van der Waals surface area (Å²) in [6.45, 7) is 4.27. The molecule has 0 radical (unpaired) electrons. The maximum Gasteiger partial charge on any atom is 0.123 e. The van der Waals surface area contributed by atoms with Crippen LogP contribution in [0.4, 0.5) is 0 Å². The Balaban J connectivity index is 1.64. The third kappa shape index (κ3) is 2.39. The van der Waals surface area contributed by atoms with Crippen LogP contribution < -0.4 is 4.74 Å². The van der Waals surface area contributed by atoms with Crippen molar-refractivity contribution in [1.82, 2.24) is 0 Å². The van der Waals surface area contributed by atoms with E-state index in [1.807, 2.05) is 11.3 Å². The minimum atomic E-state index is -0.0904. The van der Waals surface area contributed by atoms with E-state index in [4.69, 9.17) is 16.3 Å². The first-order valence-corrected chi connectivity index (χ1v) is 8.84. The van der Waals surface area contributed by atoms with Gasteiger partial charge in [-0.3, -0.25) is 0 Å². The predicted molar refractivity (Wildman–Crippen MR) is 88.9 cm³/mol. The summed E-state index contributed by atoms with van der Waals surface area (Å²) in [5.74, 6) is 1.02. The minimum absolute atomic E-state index is 0.0328. The Bertz CT molecular complexity index is 680. The molecular weight excluding hydrogens is 300 g/mol. The zero-order valence-corrected chi connectivity index (χ0v) is 14.0. The van der Waals surface area contributed by atoms with E-state index < -0.39 is 0 Å². The highest BCUT2D eigenvalue weighted by molar-refractivity contribution is 7.12. The number of aryl methyl sites for hydroxylation is 2. The molecule has 2 heterocycles. The van der Waals surface area contributed by atoms with E-state index in [0.29, 0.717) is 0 Å². The van der Waals surface area contributed by atoms with E-state index >= 15 is 0 Å². The van der Waals surface area contributed by atoms with Gasteiger partial charge in [0.15, 0.2) is 0 Å². The molecule has 0 spiro atoms. The van der Waals surface area contributed by atoms with Crippen molar-refractivity contribution < 1.29 is 4.74 Å². The summed E-state index contributed by atoms with van der Waals surface area (Å²) < 4.78 is 5.94. The van der Waals surface area contributed by atoms with Gasteiger partial charge in [0, 0.05) is 16.2 Å². The average molecular weight is 319 g/mol. The van der Waals surface area contributed by atoms with E-state index in [1.54, 1.807) is 4.88 Å². The molecule has 1 aliphatic carbocycles. The van der Waals surface area contributed by atoms with Crippen LogP contribution in [0.15, 0.2) is 24.3 Å². The normalized spacial score (nSPS) is 20.0. The van der Waals surface area contributed by atoms with Crippen LogP contribution >= 0.6 is 22.9 Å². The van der Waals surface area contributed by atoms with Crippen molar-refractivity contribution in [3.63, 3.8) is 0 Å². The Morgan fingerprint density at radius 2 is 2.05 bits per heavy atom. The van der Waals surface area contributed by atoms with Crippen molar-refractivity contribution in [2.24, 2.45) is 0 Å². The molecule has 21 heavy (non-hydrogen) atoms. The second-order valence-corrected chi connectivity index (χ2v) is 8.32. The average Bonchev–Trinajstić information content (AvgIpc) is 3.06. The zero-order valence-electron chi connectivity index (χ0n) is 12.4. The van der Waals surface area contributed by atoms with Gasteiger partial charge in [-0.15, -0.1) is 22.9 Å². The summed E-state index contributed by atoms with van der Waals surface area (Å²) in [7, 11) is 0. The first kappa shape index (κ1) is 13.7. The van der Waals surface area contributed by atoms with Gasteiger partial charge >= 0.3 is 0 Å². The van der Waals surface area contributed by atoms with Crippen molar-refractivity contribution in [2.75, 3.05) is 0 Å². The summed E-state index contributed by atoms with van der Waals surface area (Å²) in [5, 5.41) is -0.0328. The highest BCUT2D eigenvalue weighted by Crippen LogP contribution is 2.42. The Morgan fingerprint density at radius 1 is 1.19 bits per heavy atom. The topological polar surface area (TPSA) is 9.23 Å². The molecule has 0 bridgehead atoms. The summed E-state index contributed by atoms with van der Waals surface area (Å²) in [4.78, 5) is 2.83. The highest BCUT2D eigenvalue weighted by Gasteiger charge is 2.30. The molecule has 0 N–H and O–H groups in total. The van der Waals surface area contributed by atoms with Crippen molar-refractivity contribution in [2.45, 2.75) is 50.5 Å². The summed E-state index contributed by atoms with van der Waals surface area (Å²) in [5.41, 5.74) is 3.91. The number of rotatable bonds is 2. The lowest BCUT2D eigenvalue weighted by Crippen LogP contribution is -2.24. The lowest BCUT2D eigenvalue weighted by Gasteiger charge is -2.16. The third-order valence-electron chi connectivity index (χ3n) is 4.40. The monoisotopic (exact) mass is 318 g/mol. The van der Waals surface area contributed by atoms with Crippen LogP contribution in [0.25, 0.3) is 0 Å². The predicted octanol–water partition coefficient (Wildman–Crippen LogP) is 5.28. The molecule has 1 atom stereocenters. The van der Waals surface area contributed by atoms with Gasteiger partial charge < -0.3 is 4.74 Å². The Labute approximate surface area is 134 Å². The Kier molecular flexibility index (Phi) is 3.09. The summed E-state index contributed by atoms with van der Waals surface area (Å²) in [6, 6.07) is 8.74. The molecule has 4 rings (SSSR count). The van der Waals surface area contributed by atoms with Gasteiger partial charge in [0.1, 0.15) is 11.4 Å². The number of halogens is 1. The van der Waals surface area contributed by atoms with E-state index in [0.717, 1.165) is 12.2 Å². The van der Waals surface area contributed by atoms with Crippen molar-refractivity contribution in [3.05, 3.63) is 50.7 Å². The number of hydrogen-bond acceptors (Lipinski definition) is 2. The second-order valence-electron chi connectivity index (χ2n) is 6.72. The SMILES string of the molecule is CC1(C)Cc2cc(C(Cl)c3cc4c(s3)CCC4)ccc2O1. The maximum atomic E-state index is 6.74. The quantitative estimate of drug-likeness (QED) is 0.685. The molecule has 0 fully saturated rings. The van der Waals surface area contributed by atoms with Gasteiger partial charge in [-0.05, 0) is 61.9 Å². The number of fused-ring (bicyclic) bond motifs is 2. The fourth-order valence-electron chi connectivity index (χ4n) is 3.43. The summed E-state index contributed by atoms with van der Waals surface area (Å²) >= 11 is 8.64. The largest absolute Gasteiger partial charge is 0.487 e. The molecule has 3 heteroatoms. The maximum absolute atomic E-state index is 6.74. The van der Waals surface area contributed by atoms with Crippen molar-refractivity contribution in [3.8, 4) is 5.75 Å². The van der Waals surface area contributed by atoms with Gasteiger partial charge in [-0.2, -0.15) is 0 Å². The van der Waals surface area contributed by atoms with Gasteiger partial charge in [-0.25, -0.2) is 0 Å². The molecule has 1 aromatic heterocycles. The van der Waals surface area contributed by atoms with Crippen LogP contribution in [0.3, 0.4) is 0 Å². The molecule has 1 unspecified atom stereocenters. The number of thiophene rings is 1. The van der Waals surface area contributed by atoms with Crippen LogP contribution in [0, 0.1) is 0 Å². The lowest BCUT2D eigenvalue weighted by atomic mass is 9.99. The Morgan fingerprint density at radius 3 is 2.86 bits per heavy atom. The Hall–Kier alpha value is -0.990. The highest BCUT2D eigenvalue weighted by atomic mass is 35.5. The molecule has 1 aliphatic heterocycles. The molecular formula is C18H19ClOS. The number of benzene rings is 1. The molecule has 0 saturated heterocycles. The van der Waals surface area contributed by atoms with Crippen molar-refractivity contribution in [1.29, 1.82) is 0 Å². The van der Waals surface area contributed by atoms with E-state index in [2.05, 4.69) is 38.1 Å². The number of ether oxygens (including phenoxy) is 1. The number of alkyl halides is 1. The first-order chi connectivity index (χ1) is 10.0. The molecule has 1 nitrogen and oxygen atoms in total.